The summed E-state index contributed by atoms with van der Waals surface area (Å²) >= 11 is 0. The Morgan fingerprint density at radius 1 is 1.50 bits per heavy atom. The van der Waals surface area contributed by atoms with E-state index < -0.39 is 0 Å². The Labute approximate surface area is 96.5 Å². The van der Waals surface area contributed by atoms with Crippen LogP contribution in [-0.2, 0) is 19.3 Å². The molecule has 1 heterocycles. The fraction of sp³-hybridized carbons (Fsp3) is 0.538. The van der Waals surface area contributed by atoms with Crippen LogP contribution < -0.4 is 15.2 Å². The quantitative estimate of drug-likeness (QED) is 0.841. The summed E-state index contributed by atoms with van der Waals surface area (Å²) in [4.78, 5) is 0. The van der Waals surface area contributed by atoms with E-state index in [0.717, 1.165) is 37.4 Å². The van der Waals surface area contributed by atoms with Gasteiger partial charge in [0, 0.05) is 17.5 Å². The Bertz CT molecular complexity index is 388. The van der Waals surface area contributed by atoms with Gasteiger partial charge < -0.3 is 15.2 Å². The van der Waals surface area contributed by atoms with Gasteiger partial charge in [-0.1, -0.05) is 6.92 Å². The second kappa shape index (κ2) is 4.74. The molecule has 0 bridgehead atoms. The molecule has 1 aliphatic heterocycles. The molecule has 0 spiro atoms. The number of nitrogens with two attached hydrogens (primary N) is 1. The van der Waals surface area contributed by atoms with Gasteiger partial charge in [-0.15, -0.1) is 0 Å². The topological polar surface area (TPSA) is 44.5 Å². The highest BCUT2D eigenvalue weighted by Gasteiger charge is 2.22. The average Bonchev–Trinajstić information content (AvgIpc) is 2.78. The Morgan fingerprint density at radius 2 is 2.31 bits per heavy atom. The summed E-state index contributed by atoms with van der Waals surface area (Å²) in [6, 6.07) is 2.09. The number of methoxy groups -OCH3 is 1. The molecule has 0 saturated carbocycles. The van der Waals surface area contributed by atoms with Gasteiger partial charge in [0.25, 0.3) is 0 Å². The van der Waals surface area contributed by atoms with Crippen LogP contribution in [-0.4, -0.2) is 20.3 Å². The molecule has 1 aliphatic rings. The highest BCUT2D eigenvalue weighted by Crippen LogP contribution is 2.38. The summed E-state index contributed by atoms with van der Waals surface area (Å²) < 4.78 is 11.2. The summed E-state index contributed by atoms with van der Waals surface area (Å²) in [5.74, 6) is 2.04. The molecule has 2 N–H and O–H groups in total. The van der Waals surface area contributed by atoms with Crippen molar-refractivity contribution in [3.63, 3.8) is 0 Å². The lowest BCUT2D eigenvalue weighted by Crippen LogP contribution is -2.07. The van der Waals surface area contributed by atoms with E-state index in [0.29, 0.717) is 6.54 Å². The van der Waals surface area contributed by atoms with Crippen molar-refractivity contribution in [2.45, 2.75) is 26.2 Å². The molecule has 3 heteroatoms. The molecule has 88 valence electrons. The Balaban J connectivity index is 2.54. The van der Waals surface area contributed by atoms with E-state index in [2.05, 4.69) is 13.0 Å². The molecule has 16 heavy (non-hydrogen) atoms. The second-order valence-corrected chi connectivity index (χ2v) is 4.01. The molecule has 0 atom stereocenters. The number of rotatable bonds is 4. The van der Waals surface area contributed by atoms with E-state index in [-0.39, 0.29) is 0 Å². The van der Waals surface area contributed by atoms with Crippen molar-refractivity contribution in [3.8, 4) is 11.5 Å². The predicted molar refractivity (Wildman–Crippen MR) is 64.3 cm³/mol. The van der Waals surface area contributed by atoms with E-state index in [4.69, 9.17) is 15.2 Å². The van der Waals surface area contributed by atoms with E-state index in [1.807, 2.05) is 0 Å². The molecule has 0 saturated heterocycles. The van der Waals surface area contributed by atoms with E-state index in [1.54, 1.807) is 7.11 Å². The fourth-order valence-corrected chi connectivity index (χ4v) is 2.35. The van der Waals surface area contributed by atoms with Gasteiger partial charge >= 0.3 is 0 Å². The maximum Gasteiger partial charge on any atom is 0.126 e. The first-order valence-electron chi connectivity index (χ1n) is 5.86. The largest absolute Gasteiger partial charge is 0.496 e. The van der Waals surface area contributed by atoms with E-state index >= 15 is 0 Å². The minimum absolute atomic E-state index is 0.647. The van der Waals surface area contributed by atoms with E-state index in [9.17, 15) is 0 Å². The number of benzene rings is 1. The van der Waals surface area contributed by atoms with Crippen molar-refractivity contribution in [1.29, 1.82) is 0 Å². The summed E-state index contributed by atoms with van der Waals surface area (Å²) in [5, 5.41) is 0. The zero-order valence-corrected chi connectivity index (χ0v) is 10.0. The third-order valence-corrected chi connectivity index (χ3v) is 3.13. The van der Waals surface area contributed by atoms with Crippen molar-refractivity contribution in [3.05, 3.63) is 22.8 Å². The van der Waals surface area contributed by atoms with Gasteiger partial charge in [0.1, 0.15) is 11.5 Å². The Kier molecular flexibility index (Phi) is 3.34. The zero-order chi connectivity index (χ0) is 11.5. The first-order valence-corrected chi connectivity index (χ1v) is 5.86. The van der Waals surface area contributed by atoms with Gasteiger partial charge in [0.2, 0.25) is 0 Å². The lowest BCUT2D eigenvalue weighted by molar-refractivity contribution is 0.353. The molecule has 1 aromatic rings. The second-order valence-electron chi connectivity index (χ2n) is 4.01. The first-order chi connectivity index (χ1) is 7.81. The number of hydrogen-bond acceptors (Lipinski definition) is 3. The van der Waals surface area contributed by atoms with Crippen LogP contribution >= 0.6 is 0 Å². The number of ether oxygens (including phenoxy) is 2. The minimum Gasteiger partial charge on any atom is -0.496 e. The van der Waals surface area contributed by atoms with Crippen LogP contribution in [0.1, 0.15) is 23.6 Å². The molecule has 0 fully saturated rings. The van der Waals surface area contributed by atoms with Gasteiger partial charge in [-0.25, -0.2) is 0 Å². The minimum atomic E-state index is 0.647. The average molecular weight is 221 g/mol. The predicted octanol–water partition coefficient (Wildman–Crippen LogP) is 1.69. The normalized spacial score (nSPS) is 13.4. The van der Waals surface area contributed by atoms with Crippen LogP contribution in [0.2, 0.25) is 0 Å². The monoisotopic (exact) mass is 221 g/mol. The third-order valence-electron chi connectivity index (χ3n) is 3.13. The van der Waals surface area contributed by atoms with Crippen LogP contribution in [0.25, 0.3) is 0 Å². The van der Waals surface area contributed by atoms with Gasteiger partial charge in [-0.3, -0.25) is 0 Å². The Hall–Kier alpha value is -1.22. The smallest absolute Gasteiger partial charge is 0.126 e. The molecular weight excluding hydrogens is 202 g/mol. The number of hydrogen-bond donors (Lipinski definition) is 1. The maximum absolute atomic E-state index is 5.71. The van der Waals surface area contributed by atoms with Gasteiger partial charge in [-0.05, 0) is 31.0 Å². The van der Waals surface area contributed by atoms with Gasteiger partial charge in [0.15, 0.2) is 0 Å². The highest BCUT2D eigenvalue weighted by molar-refractivity contribution is 5.55. The van der Waals surface area contributed by atoms with Crippen molar-refractivity contribution in [2.75, 3.05) is 20.3 Å². The number of fused-ring (bicyclic) bond motifs is 1. The van der Waals surface area contributed by atoms with Crippen molar-refractivity contribution in [2.24, 2.45) is 5.73 Å². The summed E-state index contributed by atoms with van der Waals surface area (Å²) in [6.45, 7) is 3.57. The summed E-state index contributed by atoms with van der Waals surface area (Å²) in [7, 11) is 1.72. The standard InChI is InChI=1S/C13H19NO2/c1-3-9-8-12(15-2)10(4-6-14)11-5-7-16-13(9)11/h8H,3-7,14H2,1-2H3. The van der Waals surface area contributed by atoms with Crippen LogP contribution in [0.15, 0.2) is 6.07 Å². The van der Waals surface area contributed by atoms with Crippen molar-refractivity contribution >= 4 is 0 Å². The van der Waals surface area contributed by atoms with Crippen LogP contribution in [0.4, 0.5) is 0 Å². The molecule has 1 aromatic carbocycles. The van der Waals surface area contributed by atoms with Crippen LogP contribution in [0.5, 0.6) is 11.5 Å². The molecule has 0 aromatic heterocycles. The lowest BCUT2D eigenvalue weighted by Gasteiger charge is -2.15. The molecular formula is C13H19NO2. The molecule has 3 nitrogen and oxygen atoms in total. The lowest BCUT2D eigenvalue weighted by atomic mass is 9.96. The van der Waals surface area contributed by atoms with Crippen LogP contribution in [0, 0.1) is 0 Å². The zero-order valence-electron chi connectivity index (χ0n) is 10.0. The van der Waals surface area contributed by atoms with Crippen molar-refractivity contribution in [1.82, 2.24) is 0 Å². The Morgan fingerprint density at radius 3 is 2.94 bits per heavy atom. The third kappa shape index (κ3) is 1.76. The first kappa shape index (κ1) is 11.3. The SMILES string of the molecule is CCc1cc(OC)c(CCN)c2c1OCC2. The van der Waals surface area contributed by atoms with Gasteiger partial charge in [-0.2, -0.15) is 0 Å². The molecule has 2 rings (SSSR count). The van der Waals surface area contributed by atoms with Gasteiger partial charge in [0.05, 0.1) is 13.7 Å². The number of aryl methyl sites for hydroxylation is 1. The molecule has 0 aliphatic carbocycles. The fourth-order valence-electron chi connectivity index (χ4n) is 2.35. The molecule has 0 radical (unpaired) electrons. The van der Waals surface area contributed by atoms with E-state index in [1.165, 1.54) is 16.7 Å². The summed E-state index contributed by atoms with van der Waals surface area (Å²) in [5.41, 5.74) is 9.43. The summed E-state index contributed by atoms with van der Waals surface area (Å²) in [6.07, 6.45) is 2.81. The van der Waals surface area contributed by atoms with Crippen LogP contribution in [0.3, 0.4) is 0 Å². The maximum atomic E-state index is 5.71. The molecule has 0 unspecified atom stereocenters. The molecule has 0 amide bonds. The highest BCUT2D eigenvalue weighted by atomic mass is 16.5. The van der Waals surface area contributed by atoms with Crippen molar-refractivity contribution < 1.29 is 9.47 Å².